The summed E-state index contributed by atoms with van der Waals surface area (Å²) in [5.41, 5.74) is 0.810. The molecule has 2 aromatic rings. The van der Waals surface area contributed by atoms with Gasteiger partial charge in [0.2, 0.25) is 0 Å². The number of nitrogens with one attached hydrogen (secondary N) is 1. The zero-order valence-corrected chi connectivity index (χ0v) is 14.6. The molecule has 0 unspecified atom stereocenters. The standard InChI is InChI=1S/C18H17ClF3NO2/c1-10-4-5-11(2)16(8-10)25-12(3)17(24)23-15-9-13(18(20,21)22)6-7-14(15)19/h4-9,12H,1-3H3,(H,23,24)/t12-/m0/s1. The Morgan fingerprint density at radius 1 is 1.16 bits per heavy atom. The van der Waals surface area contributed by atoms with Crippen molar-refractivity contribution in [2.75, 3.05) is 5.32 Å². The molecular weight excluding hydrogens is 355 g/mol. The maximum Gasteiger partial charge on any atom is 0.416 e. The van der Waals surface area contributed by atoms with Gasteiger partial charge in [-0.1, -0.05) is 23.7 Å². The van der Waals surface area contributed by atoms with Gasteiger partial charge in [-0.25, -0.2) is 0 Å². The van der Waals surface area contributed by atoms with Crippen LogP contribution in [-0.4, -0.2) is 12.0 Å². The summed E-state index contributed by atoms with van der Waals surface area (Å²) >= 11 is 5.88. The number of carbonyl (C=O) groups excluding carboxylic acids is 1. The summed E-state index contributed by atoms with van der Waals surface area (Å²) in [6, 6.07) is 8.31. The van der Waals surface area contributed by atoms with Gasteiger partial charge in [-0.05, 0) is 56.2 Å². The largest absolute Gasteiger partial charge is 0.481 e. The Balaban J connectivity index is 2.15. The third-order valence-corrected chi connectivity index (χ3v) is 3.90. The summed E-state index contributed by atoms with van der Waals surface area (Å²) in [4.78, 5) is 12.3. The lowest BCUT2D eigenvalue weighted by Crippen LogP contribution is -2.30. The topological polar surface area (TPSA) is 38.3 Å². The number of hydrogen-bond donors (Lipinski definition) is 1. The summed E-state index contributed by atoms with van der Waals surface area (Å²) < 4.78 is 44.0. The number of amides is 1. The zero-order valence-electron chi connectivity index (χ0n) is 13.9. The van der Waals surface area contributed by atoms with Gasteiger partial charge in [0.15, 0.2) is 6.10 Å². The molecule has 3 nitrogen and oxygen atoms in total. The zero-order chi connectivity index (χ0) is 18.8. The number of rotatable bonds is 4. The quantitative estimate of drug-likeness (QED) is 0.783. The van der Waals surface area contributed by atoms with Gasteiger partial charge in [-0.2, -0.15) is 13.2 Å². The van der Waals surface area contributed by atoms with Crippen LogP contribution in [0.15, 0.2) is 36.4 Å². The van der Waals surface area contributed by atoms with Gasteiger partial charge in [0.05, 0.1) is 16.3 Å². The number of alkyl halides is 3. The van der Waals surface area contributed by atoms with Crippen LogP contribution in [0.4, 0.5) is 18.9 Å². The molecule has 0 fully saturated rings. The molecule has 2 rings (SSSR count). The van der Waals surface area contributed by atoms with E-state index < -0.39 is 23.8 Å². The van der Waals surface area contributed by atoms with E-state index in [0.717, 1.165) is 29.3 Å². The van der Waals surface area contributed by atoms with Crippen LogP contribution in [0.1, 0.15) is 23.6 Å². The Kier molecular flexibility index (Phi) is 5.62. The van der Waals surface area contributed by atoms with E-state index in [9.17, 15) is 18.0 Å². The molecule has 2 aromatic carbocycles. The van der Waals surface area contributed by atoms with Crippen molar-refractivity contribution >= 4 is 23.2 Å². The normalized spacial score (nSPS) is 12.6. The molecule has 0 bridgehead atoms. The van der Waals surface area contributed by atoms with Gasteiger partial charge in [0.1, 0.15) is 5.75 Å². The van der Waals surface area contributed by atoms with Crippen LogP contribution in [0, 0.1) is 13.8 Å². The molecule has 0 saturated heterocycles. The Hall–Kier alpha value is -2.21. The molecule has 1 N–H and O–H groups in total. The molecule has 0 aromatic heterocycles. The molecular formula is C18H17ClF3NO2. The number of halogens is 4. The third-order valence-electron chi connectivity index (χ3n) is 3.57. The van der Waals surface area contributed by atoms with E-state index in [1.165, 1.54) is 6.92 Å². The molecule has 0 saturated carbocycles. The van der Waals surface area contributed by atoms with Gasteiger partial charge in [0, 0.05) is 0 Å². The van der Waals surface area contributed by atoms with Crippen LogP contribution in [0.25, 0.3) is 0 Å². The van der Waals surface area contributed by atoms with Gasteiger partial charge >= 0.3 is 6.18 Å². The molecule has 0 spiro atoms. The minimum Gasteiger partial charge on any atom is -0.481 e. The van der Waals surface area contributed by atoms with Crippen molar-refractivity contribution in [3.8, 4) is 5.75 Å². The van der Waals surface area contributed by atoms with Crippen molar-refractivity contribution in [1.82, 2.24) is 0 Å². The highest BCUT2D eigenvalue weighted by molar-refractivity contribution is 6.33. The summed E-state index contributed by atoms with van der Waals surface area (Å²) in [6.07, 6.45) is -5.43. The fraction of sp³-hybridized carbons (Fsp3) is 0.278. The fourth-order valence-electron chi connectivity index (χ4n) is 2.11. The first-order chi connectivity index (χ1) is 11.6. The van der Waals surface area contributed by atoms with Crippen molar-refractivity contribution in [3.63, 3.8) is 0 Å². The van der Waals surface area contributed by atoms with Crippen molar-refractivity contribution in [1.29, 1.82) is 0 Å². The molecule has 0 radical (unpaired) electrons. The maximum absolute atomic E-state index is 12.8. The molecule has 1 amide bonds. The van der Waals surface area contributed by atoms with Crippen LogP contribution in [0.2, 0.25) is 5.02 Å². The minimum atomic E-state index is -4.52. The van der Waals surface area contributed by atoms with E-state index in [-0.39, 0.29) is 10.7 Å². The average molecular weight is 372 g/mol. The van der Waals surface area contributed by atoms with E-state index in [4.69, 9.17) is 16.3 Å². The van der Waals surface area contributed by atoms with Crippen molar-refractivity contribution < 1.29 is 22.7 Å². The van der Waals surface area contributed by atoms with Crippen LogP contribution in [-0.2, 0) is 11.0 Å². The van der Waals surface area contributed by atoms with Crippen molar-refractivity contribution in [2.45, 2.75) is 33.1 Å². The highest BCUT2D eigenvalue weighted by Gasteiger charge is 2.31. The first kappa shape index (κ1) is 19.1. The maximum atomic E-state index is 12.8. The Labute approximate surface area is 148 Å². The number of ether oxygens (including phenoxy) is 1. The highest BCUT2D eigenvalue weighted by Crippen LogP contribution is 2.34. The Morgan fingerprint density at radius 3 is 2.48 bits per heavy atom. The summed E-state index contributed by atoms with van der Waals surface area (Å²) in [6.45, 7) is 5.24. The number of aryl methyl sites for hydroxylation is 2. The molecule has 134 valence electrons. The van der Waals surface area contributed by atoms with E-state index in [2.05, 4.69) is 5.32 Å². The first-order valence-electron chi connectivity index (χ1n) is 7.49. The number of anilines is 1. The van der Waals surface area contributed by atoms with E-state index >= 15 is 0 Å². The monoisotopic (exact) mass is 371 g/mol. The molecule has 0 aliphatic rings. The lowest BCUT2D eigenvalue weighted by Gasteiger charge is -2.18. The molecule has 0 heterocycles. The molecule has 7 heteroatoms. The summed E-state index contributed by atoms with van der Waals surface area (Å²) in [5, 5.41) is 2.40. The predicted octanol–water partition coefficient (Wildman–Crippen LogP) is 5.38. The van der Waals surface area contributed by atoms with Crippen molar-refractivity contribution in [3.05, 3.63) is 58.1 Å². The van der Waals surface area contributed by atoms with E-state index in [1.807, 2.05) is 26.0 Å². The van der Waals surface area contributed by atoms with E-state index in [1.54, 1.807) is 6.07 Å². The first-order valence-corrected chi connectivity index (χ1v) is 7.87. The highest BCUT2D eigenvalue weighted by atomic mass is 35.5. The summed E-state index contributed by atoms with van der Waals surface area (Å²) in [7, 11) is 0. The summed E-state index contributed by atoms with van der Waals surface area (Å²) in [5.74, 6) is -0.0556. The van der Waals surface area contributed by atoms with Crippen LogP contribution in [0.3, 0.4) is 0 Å². The second-order valence-corrected chi connectivity index (χ2v) is 6.12. The fourth-order valence-corrected chi connectivity index (χ4v) is 2.27. The van der Waals surface area contributed by atoms with Crippen LogP contribution >= 0.6 is 11.6 Å². The third kappa shape index (κ3) is 4.89. The molecule has 1 atom stereocenters. The van der Waals surface area contributed by atoms with Gasteiger partial charge < -0.3 is 10.1 Å². The smallest absolute Gasteiger partial charge is 0.416 e. The Morgan fingerprint density at radius 2 is 1.84 bits per heavy atom. The van der Waals surface area contributed by atoms with E-state index in [0.29, 0.717) is 5.75 Å². The van der Waals surface area contributed by atoms with Gasteiger partial charge in [-0.15, -0.1) is 0 Å². The number of hydrogen-bond acceptors (Lipinski definition) is 2. The van der Waals surface area contributed by atoms with Crippen molar-refractivity contribution in [2.24, 2.45) is 0 Å². The lowest BCUT2D eigenvalue weighted by atomic mass is 10.1. The molecule has 0 aliphatic carbocycles. The van der Waals surface area contributed by atoms with Gasteiger partial charge in [-0.3, -0.25) is 4.79 Å². The Bertz CT molecular complexity index is 790. The van der Waals surface area contributed by atoms with Crippen LogP contribution in [0.5, 0.6) is 5.75 Å². The van der Waals surface area contributed by atoms with Gasteiger partial charge in [0.25, 0.3) is 5.91 Å². The predicted molar refractivity (Wildman–Crippen MR) is 91.1 cm³/mol. The molecule has 25 heavy (non-hydrogen) atoms. The second-order valence-electron chi connectivity index (χ2n) is 5.71. The lowest BCUT2D eigenvalue weighted by molar-refractivity contribution is -0.137. The molecule has 0 aliphatic heterocycles. The second kappa shape index (κ2) is 7.35. The van der Waals surface area contributed by atoms with Crippen LogP contribution < -0.4 is 10.1 Å². The number of benzene rings is 2. The number of carbonyl (C=O) groups is 1. The average Bonchev–Trinajstić information content (AvgIpc) is 2.51. The SMILES string of the molecule is Cc1ccc(C)c(O[C@@H](C)C(=O)Nc2cc(C(F)(F)F)ccc2Cl)c1. The minimum absolute atomic E-state index is 0.0142.